The zero-order valence-electron chi connectivity index (χ0n) is 16.7. The summed E-state index contributed by atoms with van der Waals surface area (Å²) in [7, 11) is 0. The van der Waals surface area contributed by atoms with Gasteiger partial charge >= 0.3 is 6.18 Å². The van der Waals surface area contributed by atoms with E-state index >= 15 is 0 Å². The van der Waals surface area contributed by atoms with Gasteiger partial charge in [-0.05, 0) is 36.2 Å². The summed E-state index contributed by atoms with van der Waals surface area (Å²) in [6.45, 7) is 3.11. The van der Waals surface area contributed by atoms with Crippen LogP contribution in [0.3, 0.4) is 0 Å². The number of carbonyl (C=O) groups is 1. The topological polar surface area (TPSA) is 58.4 Å². The SMILES string of the molecule is CCNC(=O)c1coc(CN(Cc2ccc(Cl)cc2)Cc2cccc(C(F)(F)F)c2)n1. The second kappa shape index (κ2) is 9.98. The molecule has 0 bridgehead atoms. The van der Waals surface area contributed by atoms with Gasteiger partial charge in [0.1, 0.15) is 6.26 Å². The fourth-order valence-electron chi connectivity index (χ4n) is 3.05. The quantitative estimate of drug-likeness (QED) is 0.505. The minimum Gasteiger partial charge on any atom is -0.447 e. The number of hydrogen-bond donors (Lipinski definition) is 1. The highest BCUT2D eigenvalue weighted by Crippen LogP contribution is 2.30. The van der Waals surface area contributed by atoms with Crippen molar-refractivity contribution >= 4 is 17.5 Å². The first-order valence-electron chi connectivity index (χ1n) is 9.60. The number of nitrogens with zero attached hydrogens (tertiary/aromatic N) is 2. The lowest BCUT2D eigenvalue weighted by Crippen LogP contribution is -2.24. The van der Waals surface area contributed by atoms with E-state index in [1.165, 1.54) is 12.3 Å². The van der Waals surface area contributed by atoms with E-state index < -0.39 is 11.7 Å². The first-order valence-corrected chi connectivity index (χ1v) is 9.98. The van der Waals surface area contributed by atoms with E-state index in [2.05, 4.69) is 10.3 Å². The van der Waals surface area contributed by atoms with Gasteiger partial charge in [0.2, 0.25) is 5.89 Å². The van der Waals surface area contributed by atoms with E-state index in [4.69, 9.17) is 16.0 Å². The van der Waals surface area contributed by atoms with Crippen LogP contribution in [0, 0.1) is 0 Å². The average Bonchev–Trinajstić information content (AvgIpc) is 3.18. The van der Waals surface area contributed by atoms with Crippen LogP contribution in [-0.2, 0) is 25.8 Å². The van der Waals surface area contributed by atoms with Crippen LogP contribution in [0.1, 0.15) is 40.0 Å². The third kappa shape index (κ3) is 6.57. The molecule has 0 radical (unpaired) electrons. The fraction of sp³-hybridized carbons (Fsp3) is 0.273. The third-order valence-electron chi connectivity index (χ3n) is 4.46. The van der Waals surface area contributed by atoms with Crippen LogP contribution >= 0.6 is 11.6 Å². The predicted molar refractivity (Wildman–Crippen MR) is 110 cm³/mol. The minimum absolute atomic E-state index is 0.155. The molecule has 3 rings (SSSR count). The standard InChI is InChI=1S/C22H21ClF3N3O2/c1-2-27-21(30)19-14-31-20(28-19)13-29(11-15-6-8-18(23)9-7-15)12-16-4-3-5-17(10-16)22(24,25)26/h3-10,14H,2,11-13H2,1H3,(H,27,30). The van der Waals surface area contributed by atoms with Crippen molar-refractivity contribution in [2.75, 3.05) is 6.54 Å². The number of hydrogen-bond acceptors (Lipinski definition) is 4. The maximum Gasteiger partial charge on any atom is 0.416 e. The summed E-state index contributed by atoms with van der Waals surface area (Å²) in [5, 5.41) is 3.23. The van der Waals surface area contributed by atoms with Crippen LogP contribution in [-0.4, -0.2) is 22.3 Å². The van der Waals surface area contributed by atoms with Crippen LogP contribution in [0.5, 0.6) is 0 Å². The summed E-state index contributed by atoms with van der Waals surface area (Å²) in [5.74, 6) is -0.0539. The zero-order valence-corrected chi connectivity index (χ0v) is 17.5. The zero-order chi connectivity index (χ0) is 22.4. The molecule has 2 aromatic carbocycles. The minimum atomic E-state index is -4.42. The molecule has 0 aliphatic carbocycles. The van der Waals surface area contributed by atoms with Crippen LogP contribution in [0.4, 0.5) is 13.2 Å². The van der Waals surface area contributed by atoms with Gasteiger partial charge in [-0.25, -0.2) is 4.98 Å². The summed E-state index contributed by atoms with van der Waals surface area (Å²) in [6, 6.07) is 12.4. The fourth-order valence-corrected chi connectivity index (χ4v) is 3.18. The molecule has 0 saturated carbocycles. The molecule has 0 fully saturated rings. The Morgan fingerprint density at radius 3 is 2.48 bits per heavy atom. The maximum atomic E-state index is 13.1. The van der Waals surface area contributed by atoms with E-state index in [1.807, 2.05) is 17.0 Å². The molecule has 0 unspecified atom stereocenters. The van der Waals surface area contributed by atoms with Crippen LogP contribution in [0.15, 0.2) is 59.2 Å². The van der Waals surface area contributed by atoms with Gasteiger partial charge in [0, 0.05) is 24.7 Å². The third-order valence-corrected chi connectivity index (χ3v) is 4.71. The molecule has 5 nitrogen and oxygen atoms in total. The van der Waals surface area contributed by atoms with E-state index in [-0.39, 0.29) is 24.7 Å². The van der Waals surface area contributed by atoms with Crippen LogP contribution in [0.2, 0.25) is 5.02 Å². The molecule has 0 atom stereocenters. The maximum absolute atomic E-state index is 13.1. The number of benzene rings is 2. The number of rotatable bonds is 8. The highest BCUT2D eigenvalue weighted by Gasteiger charge is 2.30. The number of oxazole rings is 1. The van der Waals surface area contributed by atoms with Crippen molar-refractivity contribution in [1.29, 1.82) is 0 Å². The Morgan fingerprint density at radius 1 is 1.10 bits per heavy atom. The summed E-state index contributed by atoms with van der Waals surface area (Å²) < 4.78 is 44.7. The number of carbonyl (C=O) groups excluding carboxylic acids is 1. The van der Waals surface area contributed by atoms with Gasteiger partial charge < -0.3 is 9.73 Å². The Morgan fingerprint density at radius 2 is 1.81 bits per heavy atom. The highest BCUT2D eigenvalue weighted by molar-refractivity contribution is 6.30. The van der Waals surface area contributed by atoms with Gasteiger partial charge in [-0.2, -0.15) is 13.2 Å². The Labute approximate surface area is 182 Å². The van der Waals surface area contributed by atoms with Crippen molar-refractivity contribution in [3.63, 3.8) is 0 Å². The van der Waals surface area contributed by atoms with Gasteiger partial charge in [-0.15, -0.1) is 0 Å². The number of nitrogens with one attached hydrogen (secondary N) is 1. The molecule has 9 heteroatoms. The number of aromatic nitrogens is 1. The summed E-state index contributed by atoms with van der Waals surface area (Å²) >= 11 is 5.94. The first kappa shape index (κ1) is 22.8. The number of alkyl halides is 3. The average molecular weight is 452 g/mol. The predicted octanol–water partition coefficient (Wildman–Crippen LogP) is 5.30. The molecule has 1 N–H and O–H groups in total. The highest BCUT2D eigenvalue weighted by atomic mass is 35.5. The lowest BCUT2D eigenvalue weighted by Gasteiger charge is -2.21. The second-order valence-corrected chi connectivity index (χ2v) is 7.39. The smallest absolute Gasteiger partial charge is 0.416 e. The Hall–Kier alpha value is -2.84. The molecule has 164 valence electrons. The van der Waals surface area contributed by atoms with E-state index in [0.29, 0.717) is 29.6 Å². The van der Waals surface area contributed by atoms with E-state index in [1.54, 1.807) is 25.1 Å². The molecular weight excluding hydrogens is 431 g/mol. The molecule has 1 aromatic heterocycles. The van der Waals surface area contributed by atoms with Crippen molar-refractivity contribution < 1.29 is 22.4 Å². The van der Waals surface area contributed by atoms with Gasteiger partial charge in [0.15, 0.2) is 5.69 Å². The molecule has 0 aliphatic rings. The molecule has 31 heavy (non-hydrogen) atoms. The van der Waals surface area contributed by atoms with Gasteiger partial charge in [-0.1, -0.05) is 41.9 Å². The molecule has 0 saturated heterocycles. The molecule has 0 spiro atoms. The van der Waals surface area contributed by atoms with Crippen molar-refractivity contribution in [3.8, 4) is 0 Å². The van der Waals surface area contributed by atoms with Crippen molar-refractivity contribution in [2.45, 2.75) is 32.7 Å². The number of amides is 1. The van der Waals surface area contributed by atoms with Gasteiger partial charge in [0.05, 0.1) is 12.1 Å². The first-order chi connectivity index (χ1) is 14.7. The molecule has 0 aliphatic heterocycles. The van der Waals surface area contributed by atoms with Crippen molar-refractivity contribution in [1.82, 2.24) is 15.2 Å². The number of halogens is 4. The molecule has 1 heterocycles. The van der Waals surface area contributed by atoms with Crippen LogP contribution < -0.4 is 5.32 Å². The van der Waals surface area contributed by atoms with Gasteiger partial charge in [-0.3, -0.25) is 9.69 Å². The Balaban J connectivity index is 1.81. The summed E-state index contributed by atoms with van der Waals surface area (Å²) in [6.07, 6.45) is -3.15. The molecule has 1 amide bonds. The lowest BCUT2D eigenvalue weighted by atomic mass is 10.1. The second-order valence-electron chi connectivity index (χ2n) is 6.96. The van der Waals surface area contributed by atoms with Crippen molar-refractivity contribution in [3.05, 3.63) is 88.1 Å². The van der Waals surface area contributed by atoms with Gasteiger partial charge in [0.25, 0.3) is 5.91 Å². The largest absolute Gasteiger partial charge is 0.447 e. The van der Waals surface area contributed by atoms with E-state index in [9.17, 15) is 18.0 Å². The summed E-state index contributed by atoms with van der Waals surface area (Å²) in [4.78, 5) is 18.0. The molecular formula is C22H21ClF3N3O2. The Kier molecular flexibility index (Phi) is 7.35. The van der Waals surface area contributed by atoms with Crippen LogP contribution in [0.25, 0.3) is 0 Å². The monoisotopic (exact) mass is 451 g/mol. The van der Waals surface area contributed by atoms with E-state index in [0.717, 1.165) is 17.7 Å². The molecule has 3 aromatic rings. The summed E-state index contributed by atoms with van der Waals surface area (Å²) in [5.41, 5.74) is 0.875. The lowest BCUT2D eigenvalue weighted by molar-refractivity contribution is -0.137. The normalized spacial score (nSPS) is 11.7. The van der Waals surface area contributed by atoms with Crippen molar-refractivity contribution in [2.24, 2.45) is 0 Å². The Bertz CT molecular complexity index is 1020.